The van der Waals surface area contributed by atoms with Crippen molar-refractivity contribution in [2.45, 2.75) is 19.4 Å². The Hall–Kier alpha value is -2.91. The van der Waals surface area contributed by atoms with Gasteiger partial charge in [0.25, 0.3) is 5.91 Å². The van der Waals surface area contributed by atoms with Crippen LogP contribution in [0, 0.1) is 0 Å². The number of nitrogens with one attached hydrogen (secondary N) is 1. The van der Waals surface area contributed by atoms with Crippen molar-refractivity contribution in [1.82, 2.24) is 4.90 Å². The summed E-state index contributed by atoms with van der Waals surface area (Å²) >= 11 is 1.29. The van der Waals surface area contributed by atoms with Crippen LogP contribution in [0.2, 0.25) is 0 Å². The van der Waals surface area contributed by atoms with E-state index in [0.29, 0.717) is 29.1 Å². The Labute approximate surface area is 179 Å². The van der Waals surface area contributed by atoms with Gasteiger partial charge < -0.3 is 20.7 Å². The van der Waals surface area contributed by atoms with Gasteiger partial charge in [0, 0.05) is 44.3 Å². The van der Waals surface area contributed by atoms with E-state index in [1.807, 2.05) is 12.1 Å². The van der Waals surface area contributed by atoms with Crippen molar-refractivity contribution in [2.24, 2.45) is 5.73 Å². The predicted octanol–water partition coefficient (Wildman–Crippen LogP) is 2.17. The van der Waals surface area contributed by atoms with Crippen LogP contribution in [0.4, 0.5) is 10.7 Å². The zero-order valence-corrected chi connectivity index (χ0v) is 17.9. The maximum absolute atomic E-state index is 12.3. The molecule has 30 heavy (non-hydrogen) atoms. The molecule has 1 aromatic heterocycles. The van der Waals surface area contributed by atoms with Gasteiger partial charge in [-0.3, -0.25) is 14.5 Å². The fraction of sp³-hybridized carbons (Fsp3) is 0.381. The van der Waals surface area contributed by atoms with Gasteiger partial charge in [-0.1, -0.05) is 0 Å². The number of piperazine rings is 1. The third-order valence-corrected chi connectivity index (χ3v) is 6.06. The number of carbonyl (C=O) groups is 3. The van der Waals surface area contributed by atoms with Gasteiger partial charge in [0.05, 0.1) is 18.2 Å². The van der Waals surface area contributed by atoms with E-state index >= 15 is 0 Å². The lowest BCUT2D eigenvalue weighted by molar-refractivity contribution is -0.116. The summed E-state index contributed by atoms with van der Waals surface area (Å²) in [7, 11) is 1.37. The zero-order valence-electron chi connectivity index (χ0n) is 17.1. The van der Waals surface area contributed by atoms with Crippen molar-refractivity contribution in [3.8, 4) is 0 Å². The van der Waals surface area contributed by atoms with Gasteiger partial charge in [-0.05, 0) is 42.6 Å². The van der Waals surface area contributed by atoms with Gasteiger partial charge in [0.15, 0.2) is 0 Å². The first-order chi connectivity index (χ1) is 14.4. The molecule has 2 amide bonds. The van der Waals surface area contributed by atoms with Gasteiger partial charge in [-0.25, -0.2) is 4.79 Å². The van der Waals surface area contributed by atoms with Crippen LogP contribution in [-0.4, -0.2) is 62.0 Å². The van der Waals surface area contributed by atoms with Crippen LogP contribution in [0.1, 0.15) is 34.1 Å². The standard InChI is InChI=1S/C21H26N4O4S/c1-14-13-25(16-5-3-15(4-6-16)21(28)29-2)11-10-24(14)9-7-18(26)23-20-17(19(22)27)8-12-30-20/h3-6,8,12,14H,7,9-11,13H2,1-2H3,(H2,22,27)(H,23,26). The number of hydrogen-bond donors (Lipinski definition) is 2. The molecule has 160 valence electrons. The third-order valence-electron chi connectivity index (χ3n) is 5.23. The summed E-state index contributed by atoms with van der Waals surface area (Å²) in [5, 5.41) is 5.02. The molecule has 0 saturated carbocycles. The molecule has 0 aliphatic carbocycles. The number of nitrogens with two attached hydrogens (primary N) is 1. The van der Waals surface area contributed by atoms with Crippen LogP contribution in [0.25, 0.3) is 0 Å². The molecule has 1 aliphatic rings. The number of anilines is 2. The minimum absolute atomic E-state index is 0.132. The van der Waals surface area contributed by atoms with Crippen molar-refractivity contribution in [3.05, 3.63) is 46.8 Å². The van der Waals surface area contributed by atoms with Crippen LogP contribution >= 0.6 is 11.3 Å². The highest BCUT2D eigenvalue weighted by atomic mass is 32.1. The number of primary amides is 1. The second-order valence-corrected chi connectivity index (χ2v) is 8.11. The minimum atomic E-state index is -0.545. The van der Waals surface area contributed by atoms with Crippen molar-refractivity contribution < 1.29 is 19.1 Å². The topological polar surface area (TPSA) is 105 Å². The fourth-order valence-corrected chi connectivity index (χ4v) is 4.33. The number of thiophene rings is 1. The third kappa shape index (κ3) is 5.17. The molecule has 0 radical (unpaired) electrons. The number of carbonyl (C=O) groups excluding carboxylic acids is 3. The summed E-state index contributed by atoms with van der Waals surface area (Å²) in [5.74, 6) is -1.02. The molecule has 2 aromatic rings. The van der Waals surface area contributed by atoms with Gasteiger partial charge in [-0.2, -0.15) is 0 Å². The average molecular weight is 431 g/mol. The summed E-state index contributed by atoms with van der Waals surface area (Å²) in [6.45, 7) is 5.27. The van der Waals surface area contributed by atoms with Gasteiger partial charge >= 0.3 is 5.97 Å². The molecule has 3 rings (SSSR count). The molecule has 1 atom stereocenters. The molecule has 0 spiro atoms. The number of amides is 2. The molecule has 1 aliphatic heterocycles. The smallest absolute Gasteiger partial charge is 0.337 e. The van der Waals surface area contributed by atoms with E-state index in [2.05, 4.69) is 22.0 Å². The molecule has 1 unspecified atom stereocenters. The van der Waals surface area contributed by atoms with E-state index in [9.17, 15) is 14.4 Å². The van der Waals surface area contributed by atoms with E-state index < -0.39 is 5.91 Å². The van der Waals surface area contributed by atoms with E-state index in [0.717, 1.165) is 25.3 Å². The quantitative estimate of drug-likeness (QED) is 0.653. The molecule has 1 saturated heterocycles. The lowest BCUT2D eigenvalue weighted by Gasteiger charge is -2.41. The Balaban J connectivity index is 1.49. The average Bonchev–Trinajstić information content (AvgIpc) is 3.20. The van der Waals surface area contributed by atoms with Crippen molar-refractivity contribution in [1.29, 1.82) is 0 Å². The Bertz CT molecular complexity index is 912. The summed E-state index contributed by atoms with van der Waals surface area (Å²) in [6.07, 6.45) is 0.342. The monoisotopic (exact) mass is 430 g/mol. The summed E-state index contributed by atoms with van der Waals surface area (Å²) in [5.41, 5.74) is 7.25. The molecule has 8 nitrogen and oxygen atoms in total. The molecule has 0 bridgehead atoms. The van der Waals surface area contributed by atoms with E-state index in [1.165, 1.54) is 18.4 Å². The molecule has 2 heterocycles. The molecule has 3 N–H and O–H groups in total. The molecule has 1 fully saturated rings. The Kier molecular flexibility index (Phi) is 7.07. The highest BCUT2D eigenvalue weighted by Gasteiger charge is 2.24. The van der Waals surface area contributed by atoms with Crippen LogP contribution in [-0.2, 0) is 9.53 Å². The first kappa shape index (κ1) is 21.8. The number of rotatable bonds is 7. The normalized spacial score (nSPS) is 16.9. The van der Waals surface area contributed by atoms with Crippen molar-refractivity contribution in [2.75, 3.05) is 43.5 Å². The van der Waals surface area contributed by atoms with Crippen LogP contribution in [0.3, 0.4) is 0 Å². The van der Waals surface area contributed by atoms with Crippen LogP contribution < -0.4 is 16.0 Å². The van der Waals surface area contributed by atoms with E-state index in [1.54, 1.807) is 23.6 Å². The summed E-state index contributed by atoms with van der Waals surface area (Å²) in [6, 6.07) is 9.29. The first-order valence-electron chi connectivity index (χ1n) is 9.73. The number of benzene rings is 1. The number of ether oxygens (including phenoxy) is 1. The Morgan fingerprint density at radius 1 is 1.20 bits per heavy atom. The highest BCUT2D eigenvalue weighted by Crippen LogP contribution is 2.23. The van der Waals surface area contributed by atoms with E-state index in [-0.39, 0.29) is 17.9 Å². The number of nitrogens with zero attached hydrogens (tertiary/aromatic N) is 2. The molecular formula is C21H26N4O4S. The highest BCUT2D eigenvalue weighted by molar-refractivity contribution is 7.14. The van der Waals surface area contributed by atoms with Crippen LogP contribution in [0.15, 0.2) is 35.7 Å². The van der Waals surface area contributed by atoms with Crippen molar-refractivity contribution >= 4 is 39.8 Å². The maximum Gasteiger partial charge on any atom is 0.337 e. The lowest BCUT2D eigenvalue weighted by atomic mass is 10.1. The Morgan fingerprint density at radius 2 is 1.93 bits per heavy atom. The predicted molar refractivity (Wildman–Crippen MR) is 117 cm³/mol. The van der Waals surface area contributed by atoms with Gasteiger partial charge in [-0.15, -0.1) is 11.3 Å². The summed E-state index contributed by atoms with van der Waals surface area (Å²) < 4.78 is 4.74. The minimum Gasteiger partial charge on any atom is -0.465 e. The fourth-order valence-electron chi connectivity index (χ4n) is 3.52. The maximum atomic E-state index is 12.3. The molecule has 1 aromatic carbocycles. The largest absolute Gasteiger partial charge is 0.465 e. The SMILES string of the molecule is COC(=O)c1ccc(N2CCN(CCC(=O)Nc3sccc3C(N)=O)C(C)C2)cc1. The van der Waals surface area contributed by atoms with Crippen LogP contribution in [0.5, 0.6) is 0 Å². The number of methoxy groups -OCH3 is 1. The molecular weight excluding hydrogens is 404 g/mol. The number of esters is 1. The van der Waals surface area contributed by atoms with Gasteiger partial charge in [0.2, 0.25) is 5.91 Å². The lowest BCUT2D eigenvalue weighted by Crippen LogP contribution is -2.52. The summed E-state index contributed by atoms with van der Waals surface area (Å²) in [4.78, 5) is 39.8. The second-order valence-electron chi connectivity index (χ2n) is 7.20. The Morgan fingerprint density at radius 3 is 2.57 bits per heavy atom. The van der Waals surface area contributed by atoms with E-state index in [4.69, 9.17) is 10.5 Å². The van der Waals surface area contributed by atoms with Gasteiger partial charge in [0.1, 0.15) is 5.00 Å². The molecule has 9 heteroatoms. The first-order valence-corrected chi connectivity index (χ1v) is 10.6. The van der Waals surface area contributed by atoms with Crippen molar-refractivity contribution in [3.63, 3.8) is 0 Å². The zero-order chi connectivity index (χ0) is 21.7. The number of hydrogen-bond acceptors (Lipinski definition) is 7. The second kappa shape index (κ2) is 9.73.